The standard InChI is InChI=1S/C17H20BrNO4S/c1-13-4-6-14(7-5-13)23-11-10-19(2)24(20,21)15-8-9-17(22-3)16(18)12-15/h4-9,12H,10-11H2,1-3H3. The van der Waals surface area contributed by atoms with Crippen LogP contribution in [0.1, 0.15) is 5.56 Å². The molecule has 0 saturated carbocycles. The van der Waals surface area contributed by atoms with Gasteiger partial charge in [0.05, 0.1) is 16.5 Å². The van der Waals surface area contributed by atoms with Crippen molar-refractivity contribution >= 4 is 26.0 Å². The van der Waals surface area contributed by atoms with Gasteiger partial charge in [0.2, 0.25) is 10.0 Å². The zero-order valence-corrected chi connectivity index (χ0v) is 16.2. The van der Waals surface area contributed by atoms with Crippen molar-refractivity contribution in [2.75, 3.05) is 27.3 Å². The summed E-state index contributed by atoms with van der Waals surface area (Å²) in [6.07, 6.45) is 0. The van der Waals surface area contributed by atoms with Gasteiger partial charge in [-0.05, 0) is 53.2 Å². The molecule has 0 N–H and O–H groups in total. The number of sulfonamides is 1. The first kappa shape index (κ1) is 18.8. The van der Waals surface area contributed by atoms with Crippen LogP contribution in [0.25, 0.3) is 0 Å². The van der Waals surface area contributed by atoms with E-state index in [1.807, 2.05) is 31.2 Å². The molecule has 0 spiro atoms. The van der Waals surface area contributed by atoms with Crippen molar-refractivity contribution in [1.29, 1.82) is 0 Å². The van der Waals surface area contributed by atoms with Gasteiger partial charge in [-0.1, -0.05) is 17.7 Å². The fourth-order valence-corrected chi connectivity index (χ4v) is 3.91. The molecule has 0 fully saturated rings. The van der Waals surface area contributed by atoms with Crippen LogP contribution >= 0.6 is 15.9 Å². The average Bonchev–Trinajstić information content (AvgIpc) is 2.56. The van der Waals surface area contributed by atoms with E-state index in [9.17, 15) is 8.42 Å². The first-order chi connectivity index (χ1) is 11.3. The van der Waals surface area contributed by atoms with Crippen molar-refractivity contribution in [3.63, 3.8) is 0 Å². The largest absolute Gasteiger partial charge is 0.496 e. The predicted molar refractivity (Wildman–Crippen MR) is 97.2 cm³/mol. The Morgan fingerprint density at radius 1 is 1.12 bits per heavy atom. The normalized spacial score (nSPS) is 11.5. The maximum Gasteiger partial charge on any atom is 0.242 e. The molecule has 0 aliphatic rings. The minimum atomic E-state index is -3.58. The van der Waals surface area contributed by atoms with Gasteiger partial charge in [0, 0.05) is 13.6 Å². The van der Waals surface area contributed by atoms with Gasteiger partial charge in [0.1, 0.15) is 18.1 Å². The summed E-state index contributed by atoms with van der Waals surface area (Å²) in [5.41, 5.74) is 1.15. The van der Waals surface area contributed by atoms with Gasteiger partial charge >= 0.3 is 0 Å². The van der Waals surface area contributed by atoms with E-state index in [-0.39, 0.29) is 18.0 Å². The van der Waals surface area contributed by atoms with Crippen LogP contribution in [0, 0.1) is 6.92 Å². The van der Waals surface area contributed by atoms with Gasteiger partial charge < -0.3 is 9.47 Å². The second-order valence-corrected chi connectivity index (χ2v) is 8.18. The number of nitrogens with zero attached hydrogens (tertiary/aromatic N) is 1. The number of halogens is 1. The first-order valence-corrected chi connectivity index (χ1v) is 9.57. The van der Waals surface area contributed by atoms with E-state index >= 15 is 0 Å². The molecule has 0 atom stereocenters. The highest BCUT2D eigenvalue weighted by molar-refractivity contribution is 9.10. The third kappa shape index (κ3) is 4.49. The van der Waals surface area contributed by atoms with Gasteiger partial charge in [0.15, 0.2) is 0 Å². The monoisotopic (exact) mass is 413 g/mol. The molecule has 0 heterocycles. The highest BCUT2D eigenvalue weighted by atomic mass is 79.9. The molecule has 130 valence electrons. The number of methoxy groups -OCH3 is 1. The Hall–Kier alpha value is -1.57. The predicted octanol–water partition coefficient (Wildman–Crippen LogP) is 3.47. The van der Waals surface area contributed by atoms with Crippen molar-refractivity contribution in [3.8, 4) is 11.5 Å². The number of rotatable bonds is 7. The Morgan fingerprint density at radius 3 is 2.38 bits per heavy atom. The number of hydrogen-bond acceptors (Lipinski definition) is 4. The van der Waals surface area contributed by atoms with Crippen LogP contribution in [0.15, 0.2) is 51.8 Å². The SMILES string of the molecule is COc1ccc(S(=O)(=O)N(C)CCOc2ccc(C)cc2)cc1Br. The molecular weight excluding hydrogens is 394 g/mol. The third-order valence-corrected chi connectivity index (χ3v) is 6.00. The molecule has 0 aliphatic heterocycles. The lowest BCUT2D eigenvalue weighted by Crippen LogP contribution is -2.31. The molecular formula is C17H20BrNO4S. The second kappa shape index (κ2) is 8.00. The Morgan fingerprint density at radius 2 is 1.79 bits per heavy atom. The smallest absolute Gasteiger partial charge is 0.242 e. The van der Waals surface area contributed by atoms with Crippen molar-refractivity contribution < 1.29 is 17.9 Å². The molecule has 2 aromatic carbocycles. The molecule has 0 unspecified atom stereocenters. The third-order valence-electron chi connectivity index (χ3n) is 3.53. The minimum absolute atomic E-state index is 0.202. The Balaban J connectivity index is 2.00. The zero-order valence-electron chi connectivity index (χ0n) is 13.8. The highest BCUT2D eigenvalue weighted by Crippen LogP contribution is 2.28. The maximum atomic E-state index is 12.6. The van der Waals surface area contributed by atoms with Gasteiger partial charge in [-0.3, -0.25) is 0 Å². The molecule has 5 nitrogen and oxygen atoms in total. The number of likely N-dealkylation sites (N-methyl/N-ethyl adjacent to an activating group) is 1. The van der Waals surface area contributed by atoms with Crippen LogP contribution in [-0.2, 0) is 10.0 Å². The maximum absolute atomic E-state index is 12.6. The Kier molecular flexibility index (Phi) is 6.26. The van der Waals surface area contributed by atoms with Gasteiger partial charge in [-0.15, -0.1) is 0 Å². The summed E-state index contributed by atoms with van der Waals surface area (Å²) in [5, 5.41) is 0. The summed E-state index contributed by atoms with van der Waals surface area (Å²) >= 11 is 3.31. The van der Waals surface area contributed by atoms with E-state index in [1.165, 1.54) is 30.6 Å². The summed E-state index contributed by atoms with van der Waals surface area (Å²) < 4.78 is 37.7. The molecule has 0 aliphatic carbocycles. The van der Waals surface area contributed by atoms with E-state index in [0.717, 1.165) is 11.3 Å². The molecule has 0 aromatic heterocycles. The van der Waals surface area contributed by atoms with E-state index < -0.39 is 10.0 Å². The lowest BCUT2D eigenvalue weighted by molar-refractivity contribution is 0.287. The zero-order chi connectivity index (χ0) is 17.7. The molecule has 0 bridgehead atoms. The van der Waals surface area contributed by atoms with Crippen LogP contribution in [0.3, 0.4) is 0 Å². The van der Waals surface area contributed by atoms with Crippen LogP contribution in [0.2, 0.25) is 0 Å². The van der Waals surface area contributed by atoms with Crippen LogP contribution in [0.5, 0.6) is 11.5 Å². The van der Waals surface area contributed by atoms with Crippen molar-refractivity contribution in [1.82, 2.24) is 4.31 Å². The quantitative estimate of drug-likeness (QED) is 0.697. The molecule has 2 aromatic rings. The van der Waals surface area contributed by atoms with E-state index in [4.69, 9.17) is 9.47 Å². The minimum Gasteiger partial charge on any atom is -0.496 e. The van der Waals surface area contributed by atoms with Crippen LogP contribution in [0.4, 0.5) is 0 Å². The lowest BCUT2D eigenvalue weighted by Gasteiger charge is -2.18. The number of hydrogen-bond donors (Lipinski definition) is 0. The molecule has 0 amide bonds. The Bertz CT molecular complexity index is 791. The van der Waals surface area contributed by atoms with Crippen molar-refractivity contribution in [3.05, 3.63) is 52.5 Å². The number of aryl methyl sites for hydroxylation is 1. The second-order valence-electron chi connectivity index (χ2n) is 5.28. The molecule has 7 heteroatoms. The van der Waals surface area contributed by atoms with Gasteiger partial charge in [0.25, 0.3) is 0 Å². The molecule has 0 saturated heterocycles. The van der Waals surface area contributed by atoms with E-state index in [1.54, 1.807) is 6.07 Å². The number of benzene rings is 2. The number of ether oxygens (including phenoxy) is 2. The van der Waals surface area contributed by atoms with E-state index in [0.29, 0.717) is 10.2 Å². The Labute approximate surface area is 151 Å². The molecule has 0 radical (unpaired) electrons. The first-order valence-electron chi connectivity index (χ1n) is 7.34. The van der Waals surface area contributed by atoms with Crippen LogP contribution < -0.4 is 9.47 Å². The summed E-state index contributed by atoms with van der Waals surface area (Å²) in [6, 6.07) is 12.3. The van der Waals surface area contributed by atoms with Gasteiger partial charge in [-0.25, -0.2) is 8.42 Å². The summed E-state index contributed by atoms with van der Waals surface area (Å²) in [4.78, 5) is 0.202. The lowest BCUT2D eigenvalue weighted by atomic mass is 10.2. The molecule has 24 heavy (non-hydrogen) atoms. The topological polar surface area (TPSA) is 55.8 Å². The van der Waals surface area contributed by atoms with Crippen LogP contribution in [-0.4, -0.2) is 40.0 Å². The van der Waals surface area contributed by atoms with Crippen molar-refractivity contribution in [2.24, 2.45) is 0 Å². The average molecular weight is 414 g/mol. The van der Waals surface area contributed by atoms with E-state index in [2.05, 4.69) is 15.9 Å². The summed E-state index contributed by atoms with van der Waals surface area (Å²) in [6.45, 7) is 2.52. The highest BCUT2D eigenvalue weighted by Gasteiger charge is 2.21. The fourth-order valence-electron chi connectivity index (χ4n) is 2.03. The summed E-state index contributed by atoms with van der Waals surface area (Å²) in [5.74, 6) is 1.30. The van der Waals surface area contributed by atoms with Gasteiger partial charge in [-0.2, -0.15) is 4.31 Å². The van der Waals surface area contributed by atoms with Crippen molar-refractivity contribution in [2.45, 2.75) is 11.8 Å². The summed E-state index contributed by atoms with van der Waals surface area (Å²) in [7, 11) is -0.516. The molecule has 2 rings (SSSR count). The fraction of sp³-hybridized carbons (Fsp3) is 0.294.